The summed E-state index contributed by atoms with van der Waals surface area (Å²) in [4.78, 5) is 0. The van der Waals surface area contributed by atoms with Gasteiger partial charge in [-0.25, -0.2) is 8.78 Å². The van der Waals surface area contributed by atoms with E-state index in [1.54, 1.807) is 0 Å². The first-order valence-electron chi connectivity index (χ1n) is 3.72. The molecule has 1 aromatic rings. The van der Waals surface area contributed by atoms with Gasteiger partial charge in [0.25, 0.3) is 0 Å². The van der Waals surface area contributed by atoms with Crippen LogP contribution in [0.5, 0.6) is 0 Å². The molecule has 0 fully saturated rings. The highest BCUT2D eigenvalue weighted by atomic mass is 79.9. The molecule has 0 aromatic heterocycles. The maximum Gasteiger partial charge on any atom is 0.150 e. The van der Waals surface area contributed by atoms with E-state index in [0.29, 0.717) is 11.0 Å². The van der Waals surface area contributed by atoms with Crippen molar-refractivity contribution in [2.45, 2.75) is 0 Å². The summed E-state index contributed by atoms with van der Waals surface area (Å²) in [5.41, 5.74) is 0.0775. The third-order valence-corrected chi connectivity index (χ3v) is 2.04. The van der Waals surface area contributed by atoms with E-state index in [9.17, 15) is 8.78 Å². The molecule has 1 rings (SSSR count). The second-order valence-electron chi connectivity index (χ2n) is 2.62. The van der Waals surface area contributed by atoms with Crippen molar-refractivity contribution in [3.05, 3.63) is 39.9 Å². The Morgan fingerprint density at radius 2 is 2.14 bits per heavy atom. The smallest absolute Gasteiger partial charge is 0.150 e. The lowest BCUT2D eigenvalue weighted by atomic mass is 10.3. The van der Waals surface area contributed by atoms with E-state index in [-0.39, 0.29) is 10.7 Å². The number of hydrogen-bond acceptors (Lipinski definition) is 1. The zero-order valence-electron chi connectivity index (χ0n) is 7.08. The Morgan fingerprint density at radius 1 is 1.50 bits per heavy atom. The number of halogens is 4. The number of rotatable bonds is 3. The molecule has 0 aliphatic rings. The molecule has 1 N–H and O–H groups in total. The number of nitrogens with one attached hydrogen (secondary N) is 1. The predicted octanol–water partition coefficient (Wildman–Crippen LogP) is 3.94. The Hall–Kier alpha value is -0.610. The standard InChI is InChI=1S/C9H7BrClF2N/c1-5(10)4-14-9-7(11)2-6(12)3-8(9)13/h2-3,14H,1,4H2. The van der Waals surface area contributed by atoms with E-state index in [1.807, 2.05) is 0 Å². The Balaban J connectivity index is 2.91. The van der Waals surface area contributed by atoms with Crippen LogP contribution in [0.2, 0.25) is 5.02 Å². The van der Waals surface area contributed by atoms with Crippen LogP contribution in [0.25, 0.3) is 0 Å². The van der Waals surface area contributed by atoms with Crippen LogP contribution in [0.3, 0.4) is 0 Å². The zero-order valence-corrected chi connectivity index (χ0v) is 9.42. The molecule has 14 heavy (non-hydrogen) atoms. The second kappa shape index (κ2) is 4.75. The highest BCUT2D eigenvalue weighted by Gasteiger charge is 2.09. The van der Waals surface area contributed by atoms with Crippen LogP contribution in [0.15, 0.2) is 23.2 Å². The largest absolute Gasteiger partial charge is 0.377 e. The molecule has 0 heterocycles. The first kappa shape index (κ1) is 11.5. The molecule has 76 valence electrons. The monoisotopic (exact) mass is 281 g/mol. The molecule has 0 atom stereocenters. The van der Waals surface area contributed by atoms with Crippen molar-refractivity contribution in [3.63, 3.8) is 0 Å². The molecule has 0 spiro atoms. The second-order valence-corrected chi connectivity index (χ2v) is 4.14. The molecule has 0 saturated heterocycles. The van der Waals surface area contributed by atoms with Gasteiger partial charge >= 0.3 is 0 Å². The topological polar surface area (TPSA) is 12.0 Å². The molecule has 1 aromatic carbocycles. The van der Waals surface area contributed by atoms with E-state index in [2.05, 4.69) is 27.8 Å². The zero-order chi connectivity index (χ0) is 10.7. The van der Waals surface area contributed by atoms with Crippen LogP contribution in [0, 0.1) is 11.6 Å². The lowest BCUT2D eigenvalue weighted by Gasteiger charge is -2.08. The molecule has 0 aliphatic carbocycles. The van der Waals surface area contributed by atoms with E-state index in [1.165, 1.54) is 0 Å². The van der Waals surface area contributed by atoms with E-state index in [0.717, 1.165) is 12.1 Å². The van der Waals surface area contributed by atoms with Gasteiger partial charge < -0.3 is 5.32 Å². The maximum absolute atomic E-state index is 13.1. The third kappa shape index (κ3) is 2.96. The highest BCUT2D eigenvalue weighted by Crippen LogP contribution is 2.26. The summed E-state index contributed by atoms with van der Waals surface area (Å²) in [7, 11) is 0. The normalized spacial score (nSPS) is 10.0. The molecule has 0 aliphatic heterocycles. The van der Waals surface area contributed by atoms with Gasteiger partial charge in [0, 0.05) is 17.1 Å². The van der Waals surface area contributed by atoms with Gasteiger partial charge in [0.1, 0.15) is 5.82 Å². The van der Waals surface area contributed by atoms with Crippen molar-refractivity contribution < 1.29 is 8.78 Å². The summed E-state index contributed by atoms with van der Waals surface area (Å²) >= 11 is 8.73. The minimum Gasteiger partial charge on any atom is -0.377 e. The number of benzene rings is 1. The lowest BCUT2D eigenvalue weighted by molar-refractivity contribution is 0.585. The van der Waals surface area contributed by atoms with E-state index >= 15 is 0 Å². The molecule has 0 unspecified atom stereocenters. The molecule has 0 bridgehead atoms. The fraction of sp³-hybridized carbons (Fsp3) is 0.111. The Labute approximate surface area is 93.9 Å². The van der Waals surface area contributed by atoms with Crippen molar-refractivity contribution >= 4 is 33.2 Å². The average molecular weight is 283 g/mol. The summed E-state index contributed by atoms with van der Waals surface area (Å²) in [6, 6.07) is 1.81. The first-order valence-corrected chi connectivity index (χ1v) is 4.89. The van der Waals surface area contributed by atoms with Gasteiger partial charge in [-0.1, -0.05) is 34.1 Å². The Morgan fingerprint density at radius 3 is 2.64 bits per heavy atom. The molecule has 1 nitrogen and oxygen atoms in total. The predicted molar refractivity (Wildman–Crippen MR) is 57.9 cm³/mol. The van der Waals surface area contributed by atoms with Crippen LogP contribution in [0.1, 0.15) is 0 Å². The van der Waals surface area contributed by atoms with Crippen molar-refractivity contribution in [2.75, 3.05) is 11.9 Å². The quantitative estimate of drug-likeness (QED) is 0.885. The molecular weight excluding hydrogens is 275 g/mol. The highest BCUT2D eigenvalue weighted by molar-refractivity contribution is 9.11. The number of anilines is 1. The Bertz CT molecular complexity index is 345. The van der Waals surface area contributed by atoms with Crippen LogP contribution in [0.4, 0.5) is 14.5 Å². The first-order chi connectivity index (χ1) is 6.50. The lowest BCUT2D eigenvalue weighted by Crippen LogP contribution is -2.03. The molecular formula is C9H7BrClF2N. The summed E-state index contributed by atoms with van der Waals surface area (Å²) in [5, 5.41) is 2.70. The van der Waals surface area contributed by atoms with Crippen LogP contribution in [-0.2, 0) is 0 Å². The van der Waals surface area contributed by atoms with Crippen molar-refractivity contribution in [2.24, 2.45) is 0 Å². The van der Waals surface area contributed by atoms with Gasteiger partial charge in [-0.3, -0.25) is 0 Å². The Kier molecular flexibility index (Phi) is 3.89. The minimum absolute atomic E-state index is 0.0104. The molecule has 0 saturated carbocycles. The van der Waals surface area contributed by atoms with Crippen molar-refractivity contribution in [1.82, 2.24) is 0 Å². The van der Waals surface area contributed by atoms with Gasteiger partial charge in [-0.05, 0) is 6.07 Å². The van der Waals surface area contributed by atoms with Crippen LogP contribution in [-0.4, -0.2) is 6.54 Å². The third-order valence-electron chi connectivity index (χ3n) is 1.46. The summed E-state index contributed by atoms with van der Waals surface area (Å²) < 4.78 is 26.4. The van der Waals surface area contributed by atoms with Crippen molar-refractivity contribution in [1.29, 1.82) is 0 Å². The fourth-order valence-electron chi connectivity index (χ4n) is 0.895. The number of hydrogen-bond donors (Lipinski definition) is 1. The van der Waals surface area contributed by atoms with Gasteiger partial charge in [-0.2, -0.15) is 0 Å². The maximum atomic E-state index is 13.1. The fourth-order valence-corrected chi connectivity index (χ4v) is 1.30. The summed E-state index contributed by atoms with van der Waals surface area (Å²) in [5.74, 6) is -1.42. The molecule has 0 amide bonds. The molecule has 0 radical (unpaired) electrons. The van der Waals surface area contributed by atoms with Gasteiger partial charge in [0.2, 0.25) is 0 Å². The van der Waals surface area contributed by atoms with Gasteiger partial charge in [0.15, 0.2) is 5.82 Å². The van der Waals surface area contributed by atoms with Gasteiger partial charge in [-0.15, -0.1) is 0 Å². The van der Waals surface area contributed by atoms with E-state index in [4.69, 9.17) is 11.6 Å². The molecule has 5 heteroatoms. The summed E-state index contributed by atoms with van der Waals surface area (Å²) in [6.07, 6.45) is 0. The minimum atomic E-state index is -0.719. The summed E-state index contributed by atoms with van der Waals surface area (Å²) in [6.45, 7) is 3.88. The van der Waals surface area contributed by atoms with Crippen LogP contribution < -0.4 is 5.32 Å². The van der Waals surface area contributed by atoms with Crippen molar-refractivity contribution in [3.8, 4) is 0 Å². The van der Waals surface area contributed by atoms with Crippen LogP contribution >= 0.6 is 27.5 Å². The average Bonchev–Trinajstić information content (AvgIpc) is 2.01. The van der Waals surface area contributed by atoms with Gasteiger partial charge in [0.05, 0.1) is 10.7 Å². The van der Waals surface area contributed by atoms with E-state index < -0.39 is 11.6 Å². The SMILES string of the molecule is C=C(Br)CNc1c(F)cc(F)cc1Cl.